The van der Waals surface area contributed by atoms with Crippen molar-refractivity contribution in [3.63, 3.8) is 0 Å². The van der Waals surface area contributed by atoms with Crippen LogP contribution in [0.1, 0.15) is 5.01 Å². The number of aromatic nitrogens is 3. The van der Waals surface area contributed by atoms with Gasteiger partial charge in [-0.15, -0.1) is 21.5 Å². The van der Waals surface area contributed by atoms with Crippen molar-refractivity contribution in [1.29, 1.82) is 0 Å². The molecule has 0 unspecified atom stereocenters. The Morgan fingerprint density at radius 2 is 2.21 bits per heavy atom. The van der Waals surface area contributed by atoms with Crippen LogP contribution < -0.4 is 5.32 Å². The molecule has 1 fully saturated rings. The summed E-state index contributed by atoms with van der Waals surface area (Å²) in [4.78, 5) is 7.00. The van der Waals surface area contributed by atoms with Crippen LogP contribution in [-0.2, 0) is 11.3 Å². The molecule has 0 amide bonds. The van der Waals surface area contributed by atoms with Gasteiger partial charge < -0.3 is 10.1 Å². The lowest BCUT2D eigenvalue weighted by atomic mass is 10.4. The second-order valence-electron chi connectivity index (χ2n) is 4.18. The minimum absolute atomic E-state index is 0.817. The predicted octanol–water partition coefficient (Wildman–Crippen LogP) is 1.54. The van der Waals surface area contributed by atoms with Crippen molar-refractivity contribution in [3.05, 3.63) is 10.4 Å². The third-order valence-corrected chi connectivity index (χ3v) is 4.67. The molecule has 1 aliphatic rings. The Hall–Kier alpha value is -1.09. The number of nitrogens with one attached hydrogen (secondary N) is 1. The fraction of sp³-hybridized carbons (Fsp3) is 0.545. The van der Waals surface area contributed by atoms with E-state index in [2.05, 4.69) is 30.8 Å². The van der Waals surface area contributed by atoms with Gasteiger partial charge in [-0.25, -0.2) is 4.98 Å². The number of anilines is 1. The first-order valence-electron chi connectivity index (χ1n) is 6.11. The molecule has 3 rings (SSSR count). The smallest absolute Gasteiger partial charge is 0.205 e. The van der Waals surface area contributed by atoms with Crippen molar-refractivity contribution in [1.82, 2.24) is 20.1 Å². The largest absolute Gasteiger partial charge is 0.379 e. The molecule has 3 heterocycles. The summed E-state index contributed by atoms with van der Waals surface area (Å²) < 4.78 is 5.34. The second kappa shape index (κ2) is 5.91. The van der Waals surface area contributed by atoms with Gasteiger partial charge in [-0.1, -0.05) is 11.3 Å². The summed E-state index contributed by atoms with van der Waals surface area (Å²) in [6.07, 6.45) is 0. The van der Waals surface area contributed by atoms with Gasteiger partial charge in [0.25, 0.3) is 0 Å². The van der Waals surface area contributed by atoms with Gasteiger partial charge in [-0.3, -0.25) is 4.90 Å². The van der Waals surface area contributed by atoms with Crippen LogP contribution in [0, 0.1) is 0 Å². The van der Waals surface area contributed by atoms with E-state index in [0.29, 0.717) is 0 Å². The van der Waals surface area contributed by atoms with E-state index in [1.807, 2.05) is 7.05 Å². The molecular formula is C11H15N5OS2. The van der Waals surface area contributed by atoms with E-state index in [1.54, 1.807) is 11.3 Å². The van der Waals surface area contributed by atoms with Crippen LogP contribution in [0.25, 0.3) is 10.7 Å². The highest BCUT2D eigenvalue weighted by atomic mass is 32.1. The molecule has 1 saturated heterocycles. The highest BCUT2D eigenvalue weighted by Gasteiger charge is 2.14. The number of thiazole rings is 1. The molecule has 0 radical (unpaired) electrons. The SMILES string of the molecule is CNc1nnc(-c2csc(CN3CCOCC3)n2)s1. The summed E-state index contributed by atoms with van der Waals surface area (Å²) >= 11 is 3.20. The number of morpholine rings is 1. The molecule has 102 valence electrons. The van der Waals surface area contributed by atoms with Crippen LogP contribution in [0.3, 0.4) is 0 Å². The van der Waals surface area contributed by atoms with Gasteiger partial charge in [-0.05, 0) is 0 Å². The number of ether oxygens (including phenoxy) is 1. The number of rotatable bonds is 4. The van der Waals surface area contributed by atoms with Crippen LogP contribution in [0.2, 0.25) is 0 Å². The van der Waals surface area contributed by atoms with E-state index >= 15 is 0 Å². The monoisotopic (exact) mass is 297 g/mol. The van der Waals surface area contributed by atoms with Crippen molar-refractivity contribution in [3.8, 4) is 10.7 Å². The van der Waals surface area contributed by atoms with Crippen LogP contribution in [0.4, 0.5) is 5.13 Å². The maximum Gasteiger partial charge on any atom is 0.205 e. The van der Waals surface area contributed by atoms with Crippen LogP contribution in [0.15, 0.2) is 5.38 Å². The van der Waals surface area contributed by atoms with Crippen LogP contribution in [-0.4, -0.2) is 53.4 Å². The van der Waals surface area contributed by atoms with Crippen molar-refractivity contribution >= 4 is 27.8 Å². The summed E-state index contributed by atoms with van der Waals surface area (Å²) in [5, 5.41) is 16.0. The van der Waals surface area contributed by atoms with Gasteiger partial charge in [0.2, 0.25) is 5.13 Å². The fourth-order valence-electron chi connectivity index (χ4n) is 1.86. The first-order valence-corrected chi connectivity index (χ1v) is 7.81. The van der Waals surface area contributed by atoms with Gasteiger partial charge in [-0.2, -0.15) is 0 Å². The molecule has 6 nitrogen and oxygen atoms in total. The Morgan fingerprint density at radius 3 is 2.95 bits per heavy atom. The van der Waals surface area contributed by atoms with Gasteiger partial charge in [0.15, 0.2) is 5.01 Å². The van der Waals surface area contributed by atoms with E-state index in [-0.39, 0.29) is 0 Å². The maximum atomic E-state index is 5.34. The Labute approximate surface area is 119 Å². The van der Waals surface area contributed by atoms with Gasteiger partial charge in [0, 0.05) is 25.5 Å². The lowest BCUT2D eigenvalue weighted by Gasteiger charge is -2.25. The Kier molecular flexibility index (Phi) is 4.02. The van der Waals surface area contributed by atoms with Crippen LogP contribution in [0.5, 0.6) is 0 Å². The summed E-state index contributed by atoms with van der Waals surface area (Å²) in [6, 6.07) is 0. The lowest BCUT2D eigenvalue weighted by molar-refractivity contribution is 0.0342. The topological polar surface area (TPSA) is 63.2 Å². The number of hydrogen-bond donors (Lipinski definition) is 1. The van der Waals surface area contributed by atoms with Gasteiger partial charge in [0.1, 0.15) is 10.7 Å². The zero-order valence-electron chi connectivity index (χ0n) is 10.6. The average Bonchev–Trinajstić information content (AvgIpc) is 3.08. The summed E-state index contributed by atoms with van der Waals surface area (Å²) in [5.41, 5.74) is 0.923. The molecule has 2 aromatic rings. The molecule has 0 saturated carbocycles. The molecule has 0 aromatic carbocycles. The van der Waals surface area contributed by atoms with Gasteiger partial charge in [0.05, 0.1) is 19.8 Å². The molecule has 2 aromatic heterocycles. The number of nitrogens with zero attached hydrogens (tertiary/aromatic N) is 4. The summed E-state index contributed by atoms with van der Waals surface area (Å²) in [6.45, 7) is 4.50. The van der Waals surface area contributed by atoms with Crippen LogP contribution >= 0.6 is 22.7 Å². The number of hydrogen-bond acceptors (Lipinski definition) is 8. The van der Waals surface area contributed by atoms with Crippen molar-refractivity contribution < 1.29 is 4.74 Å². The third-order valence-electron chi connectivity index (χ3n) is 2.87. The summed E-state index contributed by atoms with van der Waals surface area (Å²) in [7, 11) is 1.84. The van der Waals surface area contributed by atoms with Crippen molar-refractivity contribution in [2.75, 3.05) is 38.7 Å². The normalized spacial score (nSPS) is 16.7. The Balaban J connectivity index is 1.68. The maximum absolute atomic E-state index is 5.34. The molecule has 1 aliphatic heterocycles. The predicted molar refractivity (Wildman–Crippen MR) is 76.7 cm³/mol. The molecule has 0 bridgehead atoms. The Morgan fingerprint density at radius 1 is 1.37 bits per heavy atom. The zero-order chi connectivity index (χ0) is 13.1. The third kappa shape index (κ3) is 3.08. The molecule has 0 aliphatic carbocycles. The first kappa shape index (κ1) is 12.9. The molecule has 8 heteroatoms. The second-order valence-corrected chi connectivity index (χ2v) is 6.10. The standard InChI is InChI=1S/C11H15N5OS2/c1-12-11-15-14-10(19-11)8-7-18-9(13-8)6-16-2-4-17-5-3-16/h7H,2-6H2,1H3,(H,12,15). The van der Waals surface area contributed by atoms with Crippen molar-refractivity contribution in [2.45, 2.75) is 6.54 Å². The molecular weight excluding hydrogens is 282 g/mol. The Bertz CT molecular complexity index is 535. The fourth-order valence-corrected chi connectivity index (χ4v) is 3.41. The average molecular weight is 297 g/mol. The quantitative estimate of drug-likeness (QED) is 0.923. The minimum atomic E-state index is 0.817. The molecule has 1 N–H and O–H groups in total. The highest BCUT2D eigenvalue weighted by molar-refractivity contribution is 7.18. The van der Waals surface area contributed by atoms with Gasteiger partial charge >= 0.3 is 0 Å². The first-order chi connectivity index (χ1) is 9.35. The highest BCUT2D eigenvalue weighted by Crippen LogP contribution is 2.27. The van der Waals surface area contributed by atoms with Crippen molar-refractivity contribution in [2.24, 2.45) is 0 Å². The molecule has 19 heavy (non-hydrogen) atoms. The van der Waals surface area contributed by atoms with E-state index in [9.17, 15) is 0 Å². The minimum Gasteiger partial charge on any atom is -0.379 e. The van der Waals surface area contributed by atoms with E-state index in [1.165, 1.54) is 11.3 Å². The van der Waals surface area contributed by atoms with E-state index in [0.717, 1.165) is 53.7 Å². The molecule has 0 spiro atoms. The molecule has 0 atom stereocenters. The lowest BCUT2D eigenvalue weighted by Crippen LogP contribution is -2.35. The summed E-state index contributed by atoms with van der Waals surface area (Å²) in [5.74, 6) is 0. The van der Waals surface area contributed by atoms with E-state index in [4.69, 9.17) is 4.74 Å². The van der Waals surface area contributed by atoms with E-state index < -0.39 is 0 Å². The zero-order valence-corrected chi connectivity index (χ0v) is 12.3.